The molecule has 0 fully saturated rings. The summed E-state index contributed by atoms with van der Waals surface area (Å²) in [5.74, 6) is -0.392. The highest BCUT2D eigenvalue weighted by Crippen LogP contribution is 2.31. The van der Waals surface area contributed by atoms with Gasteiger partial charge in [-0.1, -0.05) is 12.1 Å². The Bertz CT molecular complexity index is 1390. The molecule has 1 aliphatic heterocycles. The molecule has 0 aliphatic carbocycles. The zero-order chi connectivity index (χ0) is 26.6. The van der Waals surface area contributed by atoms with Crippen molar-refractivity contribution in [1.82, 2.24) is 0 Å². The molecule has 3 aromatic rings. The van der Waals surface area contributed by atoms with Crippen molar-refractivity contribution in [2.75, 3.05) is 12.4 Å². The molecule has 0 unspecified atom stereocenters. The highest BCUT2D eigenvalue weighted by atomic mass is 32.1. The molecule has 0 atom stereocenters. The minimum atomic E-state index is -0.613. The van der Waals surface area contributed by atoms with Crippen LogP contribution < -0.4 is 14.8 Å². The molecule has 1 amide bonds. The van der Waals surface area contributed by atoms with E-state index in [1.54, 1.807) is 86.8 Å². The molecule has 37 heavy (non-hydrogen) atoms. The van der Waals surface area contributed by atoms with Gasteiger partial charge in [0.05, 0.1) is 7.11 Å². The van der Waals surface area contributed by atoms with Gasteiger partial charge in [0.1, 0.15) is 10.5 Å². The highest BCUT2D eigenvalue weighted by Gasteiger charge is 2.25. The highest BCUT2D eigenvalue weighted by molar-refractivity contribution is 7.12. The third-order valence-corrected chi connectivity index (χ3v) is 5.66. The first-order valence-corrected chi connectivity index (χ1v) is 12.1. The number of hydrogen-bond acceptors (Lipinski definition) is 9. The fourth-order valence-corrected chi connectivity index (χ4v) is 3.81. The summed E-state index contributed by atoms with van der Waals surface area (Å²) in [4.78, 5) is 41.4. The number of amides is 1. The molecule has 0 bridgehead atoms. The number of carbonyl (C=O) groups excluding carboxylic acids is 3. The number of nitrogens with zero attached hydrogens (tertiary/aromatic N) is 1. The molecule has 1 aliphatic rings. The minimum Gasteiger partial charge on any atom is -0.493 e. The molecule has 2 heterocycles. The maximum absolute atomic E-state index is 12.4. The zero-order valence-corrected chi connectivity index (χ0v) is 21.4. The standard InChI is InChI=1S/C27H24N2O7S/c1-27(2,3)36-26(32)28-18-10-8-17(9-11-18)23-29-19(24(30)35-23)14-16-7-12-20(21(15-16)33-4)34-25(31)22-6-5-13-37-22/h5-15H,1-4H3,(H,28,32)/b19-14-. The van der Waals surface area contributed by atoms with Crippen molar-refractivity contribution < 1.29 is 33.3 Å². The third-order valence-electron chi connectivity index (χ3n) is 4.81. The maximum atomic E-state index is 12.4. The molecule has 4 rings (SSSR count). The van der Waals surface area contributed by atoms with Crippen molar-refractivity contribution in [3.63, 3.8) is 0 Å². The van der Waals surface area contributed by atoms with Crippen molar-refractivity contribution in [1.29, 1.82) is 0 Å². The van der Waals surface area contributed by atoms with Gasteiger partial charge in [-0.25, -0.2) is 19.4 Å². The quantitative estimate of drug-likeness (QED) is 0.253. The van der Waals surface area contributed by atoms with E-state index in [0.29, 0.717) is 27.4 Å². The van der Waals surface area contributed by atoms with Crippen LogP contribution in [-0.2, 0) is 14.3 Å². The monoisotopic (exact) mass is 520 g/mol. The van der Waals surface area contributed by atoms with Gasteiger partial charge in [-0.2, -0.15) is 0 Å². The van der Waals surface area contributed by atoms with Crippen LogP contribution in [0.5, 0.6) is 11.5 Å². The van der Waals surface area contributed by atoms with Crippen LogP contribution in [0.2, 0.25) is 0 Å². The Balaban J connectivity index is 1.47. The second-order valence-electron chi connectivity index (χ2n) is 8.82. The van der Waals surface area contributed by atoms with E-state index in [4.69, 9.17) is 18.9 Å². The van der Waals surface area contributed by atoms with Gasteiger partial charge in [0.2, 0.25) is 5.90 Å². The van der Waals surface area contributed by atoms with Crippen LogP contribution in [0, 0.1) is 0 Å². The first kappa shape index (κ1) is 25.6. The van der Waals surface area contributed by atoms with E-state index < -0.39 is 23.6 Å². The lowest BCUT2D eigenvalue weighted by Gasteiger charge is -2.19. The largest absolute Gasteiger partial charge is 0.493 e. The number of methoxy groups -OCH3 is 1. The number of carbonyl (C=O) groups is 3. The molecule has 0 radical (unpaired) electrons. The molecule has 10 heteroatoms. The number of anilines is 1. The van der Waals surface area contributed by atoms with Crippen molar-refractivity contribution in [2.24, 2.45) is 4.99 Å². The number of thiophene rings is 1. The van der Waals surface area contributed by atoms with Gasteiger partial charge < -0.3 is 18.9 Å². The Morgan fingerprint density at radius 2 is 1.81 bits per heavy atom. The minimum absolute atomic E-state index is 0.0938. The van der Waals surface area contributed by atoms with Gasteiger partial charge in [-0.15, -0.1) is 11.3 Å². The Hall–Kier alpha value is -4.44. The normalized spacial score (nSPS) is 14.1. The van der Waals surface area contributed by atoms with Gasteiger partial charge >= 0.3 is 18.0 Å². The van der Waals surface area contributed by atoms with E-state index in [2.05, 4.69) is 10.3 Å². The van der Waals surface area contributed by atoms with Gasteiger partial charge in [-0.3, -0.25) is 5.32 Å². The molecular formula is C27H24N2O7S. The second kappa shape index (κ2) is 10.7. The van der Waals surface area contributed by atoms with Crippen molar-refractivity contribution in [2.45, 2.75) is 26.4 Å². The van der Waals surface area contributed by atoms with Crippen LogP contribution in [0.3, 0.4) is 0 Å². The molecule has 2 aromatic carbocycles. The van der Waals surface area contributed by atoms with E-state index in [1.165, 1.54) is 18.4 Å². The number of aliphatic imine (C=N–C) groups is 1. The summed E-state index contributed by atoms with van der Waals surface area (Å²) in [6.07, 6.45) is 0.971. The lowest BCUT2D eigenvalue weighted by molar-refractivity contribution is -0.129. The Morgan fingerprint density at radius 1 is 1.05 bits per heavy atom. The Morgan fingerprint density at radius 3 is 2.46 bits per heavy atom. The number of esters is 2. The molecule has 0 spiro atoms. The van der Waals surface area contributed by atoms with Gasteiger partial charge in [-0.05, 0) is 80.3 Å². The average Bonchev–Trinajstić information content (AvgIpc) is 3.50. The van der Waals surface area contributed by atoms with Gasteiger partial charge in [0.25, 0.3) is 0 Å². The van der Waals surface area contributed by atoms with E-state index in [-0.39, 0.29) is 17.3 Å². The van der Waals surface area contributed by atoms with Crippen LogP contribution in [0.4, 0.5) is 10.5 Å². The van der Waals surface area contributed by atoms with Crippen LogP contribution >= 0.6 is 11.3 Å². The fraction of sp³-hybridized carbons (Fsp3) is 0.185. The topological polar surface area (TPSA) is 113 Å². The third kappa shape index (κ3) is 6.62. The maximum Gasteiger partial charge on any atom is 0.412 e. The number of nitrogens with one attached hydrogen (secondary N) is 1. The summed E-state index contributed by atoms with van der Waals surface area (Å²) in [7, 11) is 1.45. The Labute approximate surface area is 217 Å². The molecular weight excluding hydrogens is 496 g/mol. The summed E-state index contributed by atoms with van der Waals surface area (Å²) in [5, 5.41) is 4.42. The lowest BCUT2D eigenvalue weighted by Crippen LogP contribution is -2.27. The van der Waals surface area contributed by atoms with E-state index in [9.17, 15) is 14.4 Å². The predicted molar refractivity (Wildman–Crippen MR) is 139 cm³/mol. The molecule has 190 valence electrons. The van der Waals surface area contributed by atoms with Crippen LogP contribution in [-0.4, -0.2) is 36.6 Å². The number of cyclic esters (lactones) is 1. The predicted octanol–water partition coefficient (Wildman–Crippen LogP) is 5.67. The van der Waals surface area contributed by atoms with Crippen molar-refractivity contribution in [3.05, 3.63) is 81.7 Å². The number of ether oxygens (including phenoxy) is 4. The molecule has 0 saturated heterocycles. The summed E-state index contributed by atoms with van der Waals surface area (Å²) < 4.78 is 21.3. The van der Waals surface area contributed by atoms with Crippen molar-refractivity contribution in [3.8, 4) is 11.5 Å². The molecule has 1 N–H and O–H groups in total. The number of benzene rings is 2. The van der Waals surface area contributed by atoms with Gasteiger partial charge in [0.15, 0.2) is 17.2 Å². The van der Waals surface area contributed by atoms with E-state index >= 15 is 0 Å². The first-order valence-electron chi connectivity index (χ1n) is 11.2. The average molecular weight is 521 g/mol. The van der Waals surface area contributed by atoms with E-state index in [1.807, 2.05) is 0 Å². The van der Waals surface area contributed by atoms with Crippen LogP contribution in [0.25, 0.3) is 6.08 Å². The zero-order valence-electron chi connectivity index (χ0n) is 20.6. The molecule has 1 aromatic heterocycles. The molecule has 0 saturated carbocycles. The SMILES string of the molecule is COc1cc(/C=C2\N=C(c3ccc(NC(=O)OC(C)(C)C)cc3)OC2=O)ccc1OC(=O)c1cccs1. The van der Waals surface area contributed by atoms with Crippen LogP contribution in [0.1, 0.15) is 41.6 Å². The lowest BCUT2D eigenvalue weighted by atomic mass is 10.1. The summed E-state index contributed by atoms with van der Waals surface area (Å²) in [6, 6.07) is 15.0. The summed E-state index contributed by atoms with van der Waals surface area (Å²) in [5.41, 5.74) is 1.15. The summed E-state index contributed by atoms with van der Waals surface area (Å²) >= 11 is 1.28. The number of hydrogen-bond donors (Lipinski definition) is 1. The first-order chi connectivity index (χ1) is 17.6. The van der Waals surface area contributed by atoms with Crippen molar-refractivity contribution >= 4 is 47.0 Å². The smallest absolute Gasteiger partial charge is 0.412 e. The van der Waals surface area contributed by atoms with E-state index in [0.717, 1.165) is 0 Å². The van der Waals surface area contributed by atoms with Crippen LogP contribution in [0.15, 0.2) is 70.7 Å². The Kier molecular flexibility index (Phi) is 7.40. The second-order valence-corrected chi connectivity index (χ2v) is 9.77. The molecule has 9 nitrogen and oxygen atoms in total. The summed E-state index contributed by atoms with van der Waals surface area (Å²) in [6.45, 7) is 5.33. The number of rotatable bonds is 6. The van der Waals surface area contributed by atoms with Gasteiger partial charge in [0, 0.05) is 11.3 Å². The fourth-order valence-electron chi connectivity index (χ4n) is 3.21.